The van der Waals surface area contributed by atoms with Crippen LogP contribution in [0.2, 0.25) is 5.02 Å². The van der Waals surface area contributed by atoms with Gasteiger partial charge in [0.15, 0.2) is 11.5 Å². The molecular weight excluding hydrogens is 408 g/mol. The SMILES string of the molecule is CC(C)CN1CCN(c2nc3ccccc3c3nnc(-c4ccc(Cl)cc4)n23)CC1C. The minimum absolute atomic E-state index is 0.454. The number of halogens is 1. The zero-order chi connectivity index (χ0) is 21.5. The predicted molar refractivity (Wildman–Crippen MR) is 127 cm³/mol. The van der Waals surface area contributed by atoms with Gasteiger partial charge < -0.3 is 4.90 Å². The molecule has 0 bridgehead atoms. The fraction of sp³-hybridized carbons (Fsp3) is 0.375. The average Bonchev–Trinajstić information content (AvgIpc) is 3.20. The van der Waals surface area contributed by atoms with E-state index < -0.39 is 0 Å². The smallest absolute Gasteiger partial charge is 0.213 e. The summed E-state index contributed by atoms with van der Waals surface area (Å²) in [5.74, 6) is 2.35. The summed E-state index contributed by atoms with van der Waals surface area (Å²) in [6.07, 6.45) is 0. The summed E-state index contributed by atoms with van der Waals surface area (Å²) in [6, 6.07) is 16.4. The van der Waals surface area contributed by atoms with Crippen molar-refractivity contribution in [2.75, 3.05) is 31.1 Å². The van der Waals surface area contributed by atoms with Crippen molar-refractivity contribution in [3.8, 4) is 11.4 Å². The third-order valence-corrected chi connectivity index (χ3v) is 6.23. The highest BCUT2D eigenvalue weighted by atomic mass is 35.5. The molecule has 0 radical (unpaired) electrons. The number of anilines is 1. The van der Waals surface area contributed by atoms with Crippen LogP contribution in [0.15, 0.2) is 48.5 Å². The Morgan fingerprint density at radius 1 is 1.03 bits per heavy atom. The number of benzene rings is 2. The molecule has 0 saturated carbocycles. The van der Waals surface area contributed by atoms with Gasteiger partial charge in [0.2, 0.25) is 5.95 Å². The molecule has 2 aromatic carbocycles. The first kappa shape index (κ1) is 20.2. The van der Waals surface area contributed by atoms with Crippen LogP contribution in [0.25, 0.3) is 27.9 Å². The number of fused-ring (bicyclic) bond motifs is 3. The standard InChI is InChI=1S/C24H27ClN6/c1-16(2)14-29-12-13-30(15-17(29)3)24-26-21-7-5-4-6-20(21)23-28-27-22(31(23)24)18-8-10-19(25)11-9-18/h4-11,16-17H,12-15H2,1-3H3. The number of nitrogens with zero attached hydrogens (tertiary/aromatic N) is 6. The third kappa shape index (κ3) is 3.75. The molecule has 1 unspecified atom stereocenters. The number of hydrogen-bond donors (Lipinski definition) is 0. The number of para-hydroxylation sites is 1. The first-order valence-electron chi connectivity index (χ1n) is 10.9. The van der Waals surface area contributed by atoms with Crippen molar-refractivity contribution in [1.29, 1.82) is 0 Å². The Morgan fingerprint density at radius 2 is 1.81 bits per heavy atom. The van der Waals surface area contributed by atoms with Gasteiger partial charge in [-0.05, 0) is 49.2 Å². The van der Waals surface area contributed by atoms with Gasteiger partial charge in [0.1, 0.15) is 0 Å². The van der Waals surface area contributed by atoms with Gasteiger partial charge in [-0.1, -0.05) is 37.6 Å². The average molecular weight is 435 g/mol. The fourth-order valence-electron chi connectivity index (χ4n) is 4.48. The van der Waals surface area contributed by atoms with Crippen LogP contribution in [0, 0.1) is 5.92 Å². The molecule has 1 atom stereocenters. The maximum atomic E-state index is 6.12. The summed E-state index contributed by atoms with van der Waals surface area (Å²) in [7, 11) is 0. The lowest BCUT2D eigenvalue weighted by atomic mass is 10.1. The summed E-state index contributed by atoms with van der Waals surface area (Å²) < 4.78 is 2.11. The van der Waals surface area contributed by atoms with Gasteiger partial charge in [-0.25, -0.2) is 9.38 Å². The normalized spacial score (nSPS) is 17.8. The molecule has 1 aliphatic heterocycles. The number of rotatable bonds is 4. The van der Waals surface area contributed by atoms with E-state index in [0.717, 1.165) is 60.1 Å². The fourth-order valence-corrected chi connectivity index (χ4v) is 4.61. The Kier molecular flexibility index (Phi) is 5.28. The molecule has 0 N–H and O–H groups in total. The number of hydrogen-bond acceptors (Lipinski definition) is 5. The van der Waals surface area contributed by atoms with Crippen LogP contribution in [0.3, 0.4) is 0 Å². The van der Waals surface area contributed by atoms with E-state index in [9.17, 15) is 0 Å². The van der Waals surface area contributed by atoms with Gasteiger partial charge >= 0.3 is 0 Å². The Labute approximate surface area is 187 Å². The van der Waals surface area contributed by atoms with Gasteiger partial charge in [-0.15, -0.1) is 10.2 Å². The summed E-state index contributed by atoms with van der Waals surface area (Å²) in [5, 5.41) is 10.9. The van der Waals surface area contributed by atoms with Crippen molar-refractivity contribution < 1.29 is 0 Å². The van der Waals surface area contributed by atoms with Crippen molar-refractivity contribution >= 4 is 34.1 Å². The second kappa shape index (κ2) is 8.09. The monoisotopic (exact) mass is 434 g/mol. The molecule has 5 rings (SSSR count). The van der Waals surface area contributed by atoms with Crippen molar-refractivity contribution in [3.63, 3.8) is 0 Å². The van der Waals surface area contributed by atoms with Gasteiger partial charge in [0, 0.05) is 48.2 Å². The highest BCUT2D eigenvalue weighted by Crippen LogP contribution is 2.30. The maximum absolute atomic E-state index is 6.12. The van der Waals surface area contributed by atoms with E-state index in [-0.39, 0.29) is 0 Å². The van der Waals surface area contributed by atoms with E-state index in [1.54, 1.807) is 0 Å². The summed E-state index contributed by atoms with van der Waals surface area (Å²) in [4.78, 5) is 10.0. The van der Waals surface area contributed by atoms with Gasteiger partial charge in [0.25, 0.3) is 0 Å². The molecule has 3 heterocycles. The molecule has 2 aromatic heterocycles. The third-order valence-electron chi connectivity index (χ3n) is 5.98. The topological polar surface area (TPSA) is 49.6 Å². The summed E-state index contributed by atoms with van der Waals surface area (Å²) in [6.45, 7) is 10.9. The van der Waals surface area contributed by atoms with Crippen molar-refractivity contribution in [2.45, 2.75) is 26.8 Å². The van der Waals surface area contributed by atoms with E-state index >= 15 is 0 Å². The first-order valence-corrected chi connectivity index (χ1v) is 11.3. The van der Waals surface area contributed by atoms with Crippen LogP contribution in [-0.4, -0.2) is 56.7 Å². The van der Waals surface area contributed by atoms with E-state index in [2.05, 4.69) is 51.2 Å². The maximum Gasteiger partial charge on any atom is 0.213 e. The second-order valence-electron chi connectivity index (χ2n) is 8.80. The molecule has 4 aromatic rings. The first-order chi connectivity index (χ1) is 15.0. The highest BCUT2D eigenvalue weighted by Gasteiger charge is 2.28. The second-order valence-corrected chi connectivity index (χ2v) is 9.24. The van der Waals surface area contributed by atoms with Crippen LogP contribution >= 0.6 is 11.6 Å². The molecule has 0 spiro atoms. The van der Waals surface area contributed by atoms with Crippen LogP contribution < -0.4 is 4.90 Å². The molecule has 0 aliphatic carbocycles. The Hall–Kier alpha value is -2.70. The molecule has 31 heavy (non-hydrogen) atoms. The minimum Gasteiger partial charge on any atom is -0.339 e. The van der Waals surface area contributed by atoms with Crippen molar-refractivity contribution in [2.24, 2.45) is 5.92 Å². The molecule has 6 nitrogen and oxygen atoms in total. The van der Waals surface area contributed by atoms with Crippen LogP contribution in [-0.2, 0) is 0 Å². The Morgan fingerprint density at radius 3 is 2.55 bits per heavy atom. The Bertz CT molecular complexity index is 1220. The quantitative estimate of drug-likeness (QED) is 0.463. The van der Waals surface area contributed by atoms with E-state index in [1.165, 1.54) is 0 Å². The lowest BCUT2D eigenvalue weighted by Gasteiger charge is -2.41. The van der Waals surface area contributed by atoms with Crippen LogP contribution in [0.5, 0.6) is 0 Å². The molecule has 160 valence electrons. The van der Waals surface area contributed by atoms with Crippen molar-refractivity contribution in [3.05, 3.63) is 53.6 Å². The van der Waals surface area contributed by atoms with Gasteiger partial charge in [-0.2, -0.15) is 0 Å². The summed E-state index contributed by atoms with van der Waals surface area (Å²) >= 11 is 6.12. The predicted octanol–water partition coefficient (Wildman–Crippen LogP) is 4.76. The van der Waals surface area contributed by atoms with E-state index in [0.29, 0.717) is 17.0 Å². The molecular formula is C24H27ClN6. The van der Waals surface area contributed by atoms with Gasteiger partial charge in [-0.3, -0.25) is 4.90 Å². The number of aromatic nitrogens is 4. The Balaban J connectivity index is 1.64. The lowest BCUT2D eigenvalue weighted by molar-refractivity contribution is 0.168. The van der Waals surface area contributed by atoms with E-state index in [1.807, 2.05) is 42.5 Å². The molecule has 1 fully saturated rings. The molecule has 1 saturated heterocycles. The lowest BCUT2D eigenvalue weighted by Crippen LogP contribution is -2.53. The largest absolute Gasteiger partial charge is 0.339 e. The highest BCUT2D eigenvalue weighted by molar-refractivity contribution is 6.30. The van der Waals surface area contributed by atoms with Crippen LogP contribution in [0.1, 0.15) is 20.8 Å². The summed E-state index contributed by atoms with van der Waals surface area (Å²) in [5.41, 5.74) is 2.75. The zero-order valence-electron chi connectivity index (χ0n) is 18.2. The van der Waals surface area contributed by atoms with Crippen LogP contribution in [0.4, 0.5) is 5.95 Å². The number of piperazine rings is 1. The molecule has 7 heteroatoms. The molecule has 1 aliphatic rings. The van der Waals surface area contributed by atoms with Gasteiger partial charge in [0.05, 0.1) is 5.52 Å². The minimum atomic E-state index is 0.454. The van der Waals surface area contributed by atoms with E-state index in [4.69, 9.17) is 16.6 Å². The van der Waals surface area contributed by atoms with Crippen molar-refractivity contribution in [1.82, 2.24) is 24.5 Å². The zero-order valence-corrected chi connectivity index (χ0v) is 18.9. The molecule has 0 amide bonds.